The van der Waals surface area contributed by atoms with Gasteiger partial charge >= 0.3 is 0 Å². The Morgan fingerprint density at radius 2 is 1.40 bits per heavy atom. The predicted molar refractivity (Wildman–Crippen MR) is 61.8 cm³/mol. The van der Waals surface area contributed by atoms with Gasteiger partial charge in [-0.1, -0.05) is 30.0 Å². The first-order chi connectivity index (χ1) is 7.38. The van der Waals surface area contributed by atoms with Crippen LogP contribution in [-0.2, 0) is 4.79 Å². The highest BCUT2D eigenvalue weighted by molar-refractivity contribution is 7.99. The van der Waals surface area contributed by atoms with E-state index in [2.05, 4.69) is 12.1 Å². The molecule has 0 N–H and O–H groups in total. The van der Waals surface area contributed by atoms with Gasteiger partial charge in [-0.25, -0.2) is 0 Å². The van der Waals surface area contributed by atoms with Crippen LogP contribution in [-0.4, -0.2) is 6.29 Å². The Bertz CT molecular complexity index is 434. The Morgan fingerprint density at radius 1 is 0.800 bits per heavy atom. The smallest absolute Gasteiger partial charge is 0.233 e. The number of hydrogen-bond acceptors (Lipinski definition) is 2. The molecule has 0 saturated heterocycles. The van der Waals surface area contributed by atoms with Crippen LogP contribution < -0.4 is 0 Å². The molecular formula is C13H9OS. The molecule has 0 heterocycles. The van der Waals surface area contributed by atoms with Crippen LogP contribution >= 0.6 is 11.8 Å². The fraction of sp³-hybridized carbons (Fsp3) is 0. The summed E-state index contributed by atoms with van der Waals surface area (Å²) >= 11 is 1.68. The highest BCUT2D eigenvalue weighted by atomic mass is 32.2. The summed E-state index contributed by atoms with van der Waals surface area (Å²) < 4.78 is 0. The molecule has 1 nitrogen and oxygen atoms in total. The second kappa shape index (κ2) is 4.80. The molecule has 2 heteroatoms. The second-order valence-corrected chi connectivity index (χ2v) is 4.19. The van der Waals surface area contributed by atoms with Gasteiger partial charge in [0, 0.05) is 15.4 Å². The van der Waals surface area contributed by atoms with Crippen LogP contribution in [0.5, 0.6) is 0 Å². The minimum Gasteiger partial charge on any atom is -0.285 e. The van der Waals surface area contributed by atoms with E-state index >= 15 is 0 Å². The third-order valence-corrected chi connectivity index (χ3v) is 2.97. The van der Waals surface area contributed by atoms with Crippen molar-refractivity contribution in [3.8, 4) is 0 Å². The zero-order chi connectivity index (χ0) is 10.5. The Labute approximate surface area is 93.1 Å². The van der Waals surface area contributed by atoms with E-state index in [1.165, 1.54) is 4.90 Å². The maximum atomic E-state index is 10.3. The monoisotopic (exact) mass is 213 g/mol. The zero-order valence-corrected chi connectivity index (χ0v) is 8.83. The molecule has 0 atom stereocenters. The molecule has 2 rings (SSSR count). The predicted octanol–water partition coefficient (Wildman–Crippen LogP) is 3.30. The third-order valence-electron chi connectivity index (χ3n) is 1.95. The highest BCUT2D eigenvalue weighted by Gasteiger charge is 1.96. The van der Waals surface area contributed by atoms with E-state index < -0.39 is 0 Å². The largest absolute Gasteiger partial charge is 0.285 e. The summed E-state index contributed by atoms with van der Waals surface area (Å²) in [7, 11) is 0. The zero-order valence-electron chi connectivity index (χ0n) is 8.01. The van der Waals surface area contributed by atoms with Crippen molar-refractivity contribution < 1.29 is 4.79 Å². The summed E-state index contributed by atoms with van der Waals surface area (Å²) in [6.07, 6.45) is 1.86. The molecule has 0 bridgehead atoms. The summed E-state index contributed by atoms with van der Waals surface area (Å²) in [5, 5.41) is 0. The van der Waals surface area contributed by atoms with Gasteiger partial charge in [0.25, 0.3) is 0 Å². The number of benzene rings is 2. The molecule has 1 radical (unpaired) electrons. The van der Waals surface area contributed by atoms with Crippen molar-refractivity contribution in [1.82, 2.24) is 0 Å². The number of carbonyl (C=O) groups excluding carboxylic acids is 1. The summed E-state index contributed by atoms with van der Waals surface area (Å²) in [6.45, 7) is 0. The van der Waals surface area contributed by atoms with Crippen LogP contribution in [0.4, 0.5) is 0 Å². The minimum atomic E-state index is 0.590. The Kier molecular flexibility index (Phi) is 3.20. The first-order valence-electron chi connectivity index (χ1n) is 4.59. The van der Waals surface area contributed by atoms with Gasteiger partial charge in [0.05, 0.1) is 0 Å². The lowest BCUT2D eigenvalue weighted by Crippen LogP contribution is -1.79. The van der Waals surface area contributed by atoms with Crippen molar-refractivity contribution >= 4 is 18.0 Å². The quantitative estimate of drug-likeness (QED) is 0.778. The molecular weight excluding hydrogens is 204 g/mol. The van der Waals surface area contributed by atoms with Crippen LogP contribution in [0.25, 0.3) is 0 Å². The van der Waals surface area contributed by atoms with Crippen molar-refractivity contribution in [3.05, 3.63) is 60.2 Å². The Balaban J connectivity index is 2.15. The van der Waals surface area contributed by atoms with Gasteiger partial charge in [-0.05, 0) is 36.4 Å². The van der Waals surface area contributed by atoms with E-state index in [-0.39, 0.29) is 0 Å². The molecule has 0 amide bonds. The normalized spacial score (nSPS) is 9.87. The van der Waals surface area contributed by atoms with Crippen molar-refractivity contribution in [3.63, 3.8) is 0 Å². The van der Waals surface area contributed by atoms with Gasteiger partial charge in [-0.15, -0.1) is 0 Å². The lowest BCUT2D eigenvalue weighted by atomic mass is 10.2. The van der Waals surface area contributed by atoms with E-state index in [4.69, 9.17) is 0 Å². The van der Waals surface area contributed by atoms with E-state index in [0.29, 0.717) is 5.56 Å². The van der Waals surface area contributed by atoms with E-state index in [1.807, 2.05) is 36.6 Å². The van der Waals surface area contributed by atoms with Crippen molar-refractivity contribution in [2.75, 3.05) is 0 Å². The van der Waals surface area contributed by atoms with Gasteiger partial charge < -0.3 is 0 Å². The molecule has 0 unspecified atom stereocenters. The lowest BCUT2D eigenvalue weighted by Gasteiger charge is -2.00. The van der Waals surface area contributed by atoms with Crippen LogP contribution in [0.2, 0.25) is 0 Å². The molecule has 2 aromatic rings. The molecule has 73 valence electrons. The molecule has 0 aromatic heterocycles. The SMILES string of the molecule is O=[C]c1ccc(Sc2ccccc2)cc1. The first kappa shape index (κ1) is 9.99. The first-order valence-corrected chi connectivity index (χ1v) is 5.41. The maximum absolute atomic E-state index is 10.3. The summed E-state index contributed by atoms with van der Waals surface area (Å²) in [5.74, 6) is 0. The molecule has 2 aromatic carbocycles. The van der Waals surface area contributed by atoms with Gasteiger partial charge in [0.15, 0.2) is 0 Å². The lowest BCUT2D eigenvalue weighted by molar-refractivity contribution is 0.562. The van der Waals surface area contributed by atoms with Crippen LogP contribution in [0.15, 0.2) is 64.4 Å². The summed E-state index contributed by atoms with van der Waals surface area (Å²) in [5.41, 5.74) is 0.590. The van der Waals surface area contributed by atoms with Gasteiger partial charge in [-0.2, -0.15) is 0 Å². The van der Waals surface area contributed by atoms with E-state index in [9.17, 15) is 4.79 Å². The van der Waals surface area contributed by atoms with Gasteiger partial charge in [0.1, 0.15) is 0 Å². The highest BCUT2D eigenvalue weighted by Crippen LogP contribution is 2.26. The molecule has 0 saturated carbocycles. The fourth-order valence-electron chi connectivity index (χ4n) is 1.22. The summed E-state index contributed by atoms with van der Waals surface area (Å²) in [4.78, 5) is 12.7. The Hall–Kier alpha value is -1.54. The van der Waals surface area contributed by atoms with Gasteiger partial charge in [0.2, 0.25) is 6.29 Å². The van der Waals surface area contributed by atoms with Crippen molar-refractivity contribution in [2.45, 2.75) is 9.79 Å². The molecule has 0 aliphatic rings. The standard InChI is InChI=1S/C13H9OS/c14-10-11-6-8-13(9-7-11)15-12-4-2-1-3-5-12/h1-9H. The second-order valence-electron chi connectivity index (χ2n) is 3.04. The number of hydrogen-bond donors (Lipinski definition) is 0. The van der Waals surface area contributed by atoms with Crippen molar-refractivity contribution in [2.24, 2.45) is 0 Å². The molecule has 0 aliphatic heterocycles. The fourth-order valence-corrected chi connectivity index (χ4v) is 2.05. The van der Waals surface area contributed by atoms with Gasteiger partial charge in [-0.3, -0.25) is 4.79 Å². The Morgan fingerprint density at radius 3 is 2.00 bits per heavy atom. The number of rotatable bonds is 3. The van der Waals surface area contributed by atoms with Crippen LogP contribution in [0.3, 0.4) is 0 Å². The molecule has 0 aliphatic carbocycles. The topological polar surface area (TPSA) is 17.1 Å². The average Bonchev–Trinajstić information content (AvgIpc) is 2.31. The maximum Gasteiger partial charge on any atom is 0.233 e. The van der Waals surface area contributed by atoms with E-state index in [0.717, 1.165) is 4.90 Å². The third kappa shape index (κ3) is 2.70. The molecule has 0 spiro atoms. The average molecular weight is 213 g/mol. The molecule has 0 fully saturated rings. The molecule has 15 heavy (non-hydrogen) atoms. The minimum absolute atomic E-state index is 0.590. The van der Waals surface area contributed by atoms with Crippen molar-refractivity contribution in [1.29, 1.82) is 0 Å². The summed E-state index contributed by atoms with van der Waals surface area (Å²) in [6, 6.07) is 17.5. The van der Waals surface area contributed by atoms with E-state index in [1.54, 1.807) is 23.9 Å². The van der Waals surface area contributed by atoms with Crippen LogP contribution in [0.1, 0.15) is 5.56 Å². The van der Waals surface area contributed by atoms with Crippen LogP contribution in [0, 0.1) is 0 Å².